The first-order valence-corrected chi connectivity index (χ1v) is 7.64. The average molecular weight is 370 g/mol. The maximum absolute atomic E-state index is 12.3. The number of nitrogens with zero attached hydrogens (tertiary/aromatic N) is 1. The second kappa shape index (κ2) is 11.1. The van der Waals surface area contributed by atoms with E-state index in [-0.39, 0.29) is 24.4 Å². The Morgan fingerprint density at radius 2 is 2.00 bits per heavy atom. The molecular formula is C15H23Cl3N2O2. The third-order valence-electron chi connectivity index (χ3n) is 3.04. The van der Waals surface area contributed by atoms with Crippen LogP contribution in [0.1, 0.15) is 19.4 Å². The van der Waals surface area contributed by atoms with Crippen LogP contribution in [-0.2, 0) is 16.1 Å². The number of rotatable bonds is 8. The van der Waals surface area contributed by atoms with Gasteiger partial charge in [-0.05, 0) is 31.5 Å². The lowest BCUT2D eigenvalue weighted by molar-refractivity contribution is -0.132. The van der Waals surface area contributed by atoms with Crippen molar-refractivity contribution in [1.82, 2.24) is 10.2 Å². The van der Waals surface area contributed by atoms with Crippen LogP contribution in [0.4, 0.5) is 0 Å². The van der Waals surface area contributed by atoms with Crippen LogP contribution in [0.2, 0.25) is 10.0 Å². The van der Waals surface area contributed by atoms with Gasteiger partial charge in [0.2, 0.25) is 5.91 Å². The highest BCUT2D eigenvalue weighted by Gasteiger charge is 2.17. The summed E-state index contributed by atoms with van der Waals surface area (Å²) in [6.45, 7) is 6.03. The fraction of sp³-hybridized carbons (Fsp3) is 0.533. The average Bonchev–Trinajstić information content (AvgIpc) is 2.44. The van der Waals surface area contributed by atoms with Gasteiger partial charge in [0.25, 0.3) is 0 Å². The molecule has 1 aromatic rings. The van der Waals surface area contributed by atoms with E-state index in [1.165, 1.54) is 0 Å². The molecule has 0 spiro atoms. The number of nitrogens with one attached hydrogen (secondary N) is 1. The Bertz CT molecular complexity index is 470. The largest absolute Gasteiger partial charge is 0.383 e. The zero-order valence-corrected chi connectivity index (χ0v) is 15.4. The molecule has 0 aliphatic carbocycles. The van der Waals surface area contributed by atoms with Gasteiger partial charge >= 0.3 is 0 Å². The smallest absolute Gasteiger partial charge is 0.237 e. The molecule has 0 atom stereocenters. The van der Waals surface area contributed by atoms with Crippen molar-refractivity contribution < 1.29 is 9.53 Å². The minimum atomic E-state index is 0. The molecule has 0 bridgehead atoms. The molecule has 0 fully saturated rings. The number of halogens is 3. The number of carbonyl (C=O) groups excluding carboxylic acids is 1. The zero-order chi connectivity index (χ0) is 15.8. The second-order valence-corrected chi connectivity index (χ2v) is 5.85. The van der Waals surface area contributed by atoms with E-state index in [2.05, 4.69) is 5.32 Å². The van der Waals surface area contributed by atoms with Gasteiger partial charge in [0.05, 0.1) is 23.2 Å². The molecule has 0 aliphatic heterocycles. The standard InChI is InChI=1S/C15H22Cl2N2O2.ClH/c1-11(2)19(15(20)9-18-6-7-21-3)10-12-4-5-13(16)14(17)8-12;/h4-5,8,11,18H,6-7,9-10H2,1-3H3;1H. The SMILES string of the molecule is COCCNCC(=O)N(Cc1ccc(Cl)c(Cl)c1)C(C)C.Cl. The summed E-state index contributed by atoms with van der Waals surface area (Å²) in [4.78, 5) is 14.1. The van der Waals surface area contributed by atoms with Crippen LogP contribution in [0.25, 0.3) is 0 Å². The molecule has 7 heteroatoms. The topological polar surface area (TPSA) is 41.6 Å². The number of carbonyl (C=O) groups is 1. The maximum Gasteiger partial charge on any atom is 0.237 e. The summed E-state index contributed by atoms with van der Waals surface area (Å²) in [6, 6.07) is 5.54. The summed E-state index contributed by atoms with van der Waals surface area (Å²) in [5.74, 6) is 0.0483. The first-order chi connectivity index (χ1) is 9.95. The predicted octanol–water partition coefficient (Wildman–Crippen LogP) is 3.39. The Hall–Kier alpha value is -0.520. The second-order valence-electron chi connectivity index (χ2n) is 5.03. The van der Waals surface area contributed by atoms with Crippen LogP contribution in [0, 0.1) is 0 Å². The van der Waals surface area contributed by atoms with E-state index in [0.717, 1.165) is 5.56 Å². The van der Waals surface area contributed by atoms with Gasteiger partial charge in [0.1, 0.15) is 0 Å². The number of hydrogen-bond donors (Lipinski definition) is 1. The van der Waals surface area contributed by atoms with Crippen LogP contribution < -0.4 is 5.32 Å². The van der Waals surface area contributed by atoms with Crippen LogP contribution >= 0.6 is 35.6 Å². The minimum Gasteiger partial charge on any atom is -0.383 e. The molecular weight excluding hydrogens is 347 g/mol. The van der Waals surface area contributed by atoms with Gasteiger partial charge in [-0.1, -0.05) is 29.3 Å². The molecule has 0 saturated carbocycles. The van der Waals surface area contributed by atoms with Gasteiger partial charge in [0, 0.05) is 26.2 Å². The normalized spacial score (nSPS) is 10.5. The summed E-state index contributed by atoms with van der Waals surface area (Å²) in [5.41, 5.74) is 0.961. The summed E-state index contributed by atoms with van der Waals surface area (Å²) >= 11 is 11.9. The minimum absolute atomic E-state index is 0. The van der Waals surface area contributed by atoms with Crippen LogP contribution in [0.5, 0.6) is 0 Å². The van der Waals surface area contributed by atoms with Gasteiger partial charge in [-0.25, -0.2) is 0 Å². The van der Waals surface area contributed by atoms with Gasteiger partial charge < -0.3 is 15.0 Å². The van der Waals surface area contributed by atoms with Crippen molar-refractivity contribution in [2.75, 3.05) is 26.8 Å². The quantitative estimate of drug-likeness (QED) is 0.714. The predicted molar refractivity (Wildman–Crippen MR) is 94.1 cm³/mol. The lowest BCUT2D eigenvalue weighted by Gasteiger charge is -2.27. The number of methoxy groups -OCH3 is 1. The number of hydrogen-bond acceptors (Lipinski definition) is 3. The van der Waals surface area contributed by atoms with Gasteiger partial charge in [-0.15, -0.1) is 12.4 Å². The summed E-state index contributed by atoms with van der Waals surface area (Å²) in [5, 5.41) is 4.09. The summed E-state index contributed by atoms with van der Waals surface area (Å²) in [7, 11) is 1.63. The van der Waals surface area contributed by atoms with Gasteiger partial charge in [0.15, 0.2) is 0 Å². The molecule has 1 N–H and O–H groups in total. The van der Waals surface area contributed by atoms with E-state index in [4.69, 9.17) is 27.9 Å². The lowest BCUT2D eigenvalue weighted by atomic mass is 10.2. The van der Waals surface area contributed by atoms with Gasteiger partial charge in [-0.3, -0.25) is 4.79 Å². The Kier molecular flexibility index (Phi) is 10.8. The zero-order valence-electron chi connectivity index (χ0n) is 13.1. The number of ether oxygens (including phenoxy) is 1. The molecule has 0 saturated heterocycles. The van der Waals surface area contributed by atoms with E-state index in [0.29, 0.717) is 36.3 Å². The molecule has 0 unspecified atom stereocenters. The van der Waals surface area contributed by atoms with E-state index in [9.17, 15) is 4.79 Å². The third kappa shape index (κ3) is 7.16. The molecule has 22 heavy (non-hydrogen) atoms. The number of amides is 1. The molecule has 0 heterocycles. The van der Waals surface area contributed by atoms with Crippen molar-refractivity contribution in [2.45, 2.75) is 26.4 Å². The molecule has 126 valence electrons. The Balaban J connectivity index is 0.00000441. The van der Waals surface area contributed by atoms with E-state index >= 15 is 0 Å². The lowest BCUT2D eigenvalue weighted by Crippen LogP contribution is -2.42. The molecule has 1 rings (SSSR count). The Labute approximate surface area is 148 Å². The molecule has 0 aromatic heterocycles. The fourth-order valence-electron chi connectivity index (χ4n) is 1.86. The monoisotopic (exact) mass is 368 g/mol. The van der Waals surface area contributed by atoms with Crippen molar-refractivity contribution in [3.05, 3.63) is 33.8 Å². The Morgan fingerprint density at radius 3 is 2.55 bits per heavy atom. The van der Waals surface area contributed by atoms with Crippen LogP contribution in [0.15, 0.2) is 18.2 Å². The number of benzene rings is 1. The first-order valence-electron chi connectivity index (χ1n) is 6.88. The Morgan fingerprint density at radius 1 is 1.32 bits per heavy atom. The summed E-state index contributed by atoms with van der Waals surface area (Å²) < 4.78 is 4.94. The van der Waals surface area contributed by atoms with Crippen LogP contribution in [0.3, 0.4) is 0 Å². The van der Waals surface area contributed by atoms with Crippen molar-refractivity contribution in [1.29, 1.82) is 0 Å². The van der Waals surface area contributed by atoms with Crippen molar-refractivity contribution in [3.8, 4) is 0 Å². The molecule has 0 aliphatic rings. The first kappa shape index (κ1) is 21.5. The van der Waals surface area contributed by atoms with Crippen molar-refractivity contribution >= 4 is 41.5 Å². The third-order valence-corrected chi connectivity index (χ3v) is 3.78. The van der Waals surface area contributed by atoms with Crippen molar-refractivity contribution in [3.63, 3.8) is 0 Å². The maximum atomic E-state index is 12.3. The summed E-state index contributed by atoms with van der Waals surface area (Å²) in [6.07, 6.45) is 0. The van der Waals surface area contributed by atoms with E-state index in [1.807, 2.05) is 19.9 Å². The molecule has 4 nitrogen and oxygen atoms in total. The molecule has 1 amide bonds. The highest BCUT2D eigenvalue weighted by molar-refractivity contribution is 6.42. The highest BCUT2D eigenvalue weighted by Crippen LogP contribution is 2.23. The van der Waals surface area contributed by atoms with E-state index in [1.54, 1.807) is 24.1 Å². The molecule has 0 radical (unpaired) electrons. The van der Waals surface area contributed by atoms with Crippen molar-refractivity contribution in [2.24, 2.45) is 0 Å². The fourth-order valence-corrected chi connectivity index (χ4v) is 2.19. The van der Waals surface area contributed by atoms with Crippen LogP contribution in [-0.4, -0.2) is 43.7 Å². The highest BCUT2D eigenvalue weighted by atomic mass is 35.5. The van der Waals surface area contributed by atoms with E-state index < -0.39 is 0 Å². The molecule has 1 aromatic carbocycles. The van der Waals surface area contributed by atoms with Gasteiger partial charge in [-0.2, -0.15) is 0 Å².